The molecule has 0 spiro atoms. The summed E-state index contributed by atoms with van der Waals surface area (Å²) in [7, 11) is 0. The molecule has 0 radical (unpaired) electrons. The Hall–Kier alpha value is -1.18. The Morgan fingerprint density at radius 3 is 2.29 bits per heavy atom. The van der Waals surface area contributed by atoms with Gasteiger partial charge in [0.2, 0.25) is 0 Å². The summed E-state index contributed by atoms with van der Waals surface area (Å²) in [6.07, 6.45) is -3.31. The molecule has 96 valence electrons. The molecule has 0 aromatic heterocycles. The third-order valence-electron chi connectivity index (χ3n) is 1.59. The minimum atomic E-state index is -4.96. The molecule has 0 bridgehead atoms. The fraction of sp³-hybridized carbons (Fsp3) is 0.333. The van der Waals surface area contributed by atoms with Crippen molar-refractivity contribution in [3.63, 3.8) is 0 Å². The Labute approximate surface area is 97.7 Å². The van der Waals surface area contributed by atoms with Crippen molar-refractivity contribution in [2.75, 3.05) is 6.26 Å². The quantitative estimate of drug-likeness (QED) is 0.612. The third kappa shape index (κ3) is 4.68. The Balaban J connectivity index is 3.02. The maximum Gasteiger partial charge on any atom is 0.573 e. The molecule has 17 heavy (non-hydrogen) atoms. The molecule has 1 aromatic rings. The number of halogens is 5. The number of ether oxygens (including phenoxy) is 2. The molecule has 2 nitrogen and oxygen atoms in total. The van der Waals surface area contributed by atoms with Crippen LogP contribution in [0.5, 0.6) is 11.5 Å². The van der Waals surface area contributed by atoms with Gasteiger partial charge in [-0.15, -0.1) is 24.9 Å². The van der Waals surface area contributed by atoms with Gasteiger partial charge in [0, 0.05) is 4.90 Å². The van der Waals surface area contributed by atoms with Gasteiger partial charge >= 0.3 is 13.0 Å². The predicted molar refractivity (Wildman–Crippen MR) is 51.5 cm³/mol. The summed E-state index contributed by atoms with van der Waals surface area (Å²) < 4.78 is 67.4. The van der Waals surface area contributed by atoms with Crippen LogP contribution in [0.15, 0.2) is 23.1 Å². The van der Waals surface area contributed by atoms with E-state index >= 15 is 0 Å². The van der Waals surface area contributed by atoms with E-state index in [1.807, 2.05) is 0 Å². The zero-order valence-corrected chi connectivity index (χ0v) is 9.24. The molecule has 0 unspecified atom stereocenters. The number of alkyl halides is 5. The van der Waals surface area contributed by atoms with Gasteiger partial charge < -0.3 is 9.47 Å². The van der Waals surface area contributed by atoms with Crippen LogP contribution < -0.4 is 9.47 Å². The molecule has 0 aliphatic rings. The van der Waals surface area contributed by atoms with Gasteiger partial charge in [0.15, 0.2) is 11.5 Å². The van der Waals surface area contributed by atoms with E-state index in [4.69, 9.17) is 0 Å². The lowest BCUT2D eigenvalue weighted by Crippen LogP contribution is -2.18. The second-order valence-electron chi connectivity index (χ2n) is 2.74. The maximum atomic E-state index is 12.0. The standard InChI is InChI=1S/C9H7F5O2S/c1-17-5-2-3-6(16-9(12,13)14)7(4-5)15-8(10)11/h2-4,8H,1H3. The van der Waals surface area contributed by atoms with Gasteiger partial charge in [-0.1, -0.05) is 0 Å². The highest BCUT2D eigenvalue weighted by Crippen LogP contribution is 2.35. The van der Waals surface area contributed by atoms with Gasteiger partial charge in [0.05, 0.1) is 0 Å². The van der Waals surface area contributed by atoms with Crippen molar-refractivity contribution in [1.82, 2.24) is 0 Å². The Kier molecular flexibility index (Phi) is 4.44. The zero-order chi connectivity index (χ0) is 13.1. The Morgan fingerprint density at radius 1 is 1.18 bits per heavy atom. The van der Waals surface area contributed by atoms with E-state index in [-0.39, 0.29) is 0 Å². The van der Waals surface area contributed by atoms with E-state index in [0.29, 0.717) is 4.90 Å². The van der Waals surface area contributed by atoms with Crippen molar-refractivity contribution in [3.05, 3.63) is 18.2 Å². The molecule has 0 amide bonds. The fourth-order valence-electron chi connectivity index (χ4n) is 1.01. The first kappa shape index (κ1) is 13.9. The molecule has 8 heteroatoms. The summed E-state index contributed by atoms with van der Waals surface area (Å²) in [6, 6.07) is 3.29. The van der Waals surface area contributed by atoms with Crippen LogP contribution in [0.1, 0.15) is 0 Å². The summed E-state index contributed by atoms with van der Waals surface area (Å²) in [4.78, 5) is 0.482. The van der Waals surface area contributed by atoms with Crippen molar-refractivity contribution in [2.45, 2.75) is 17.9 Å². The molecule has 0 saturated carbocycles. The van der Waals surface area contributed by atoms with Crippen molar-refractivity contribution in [1.29, 1.82) is 0 Å². The predicted octanol–water partition coefficient (Wildman–Crippen LogP) is 3.91. The first-order chi connectivity index (χ1) is 7.81. The fourth-order valence-corrected chi connectivity index (χ4v) is 1.44. The second kappa shape index (κ2) is 5.44. The van der Waals surface area contributed by atoms with Crippen LogP contribution in [0.4, 0.5) is 22.0 Å². The molecule has 0 fully saturated rings. The molecule has 0 aliphatic heterocycles. The summed E-state index contributed by atoms with van der Waals surface area (Å²) >= 11 is 1.18. The molecule has 0 atom stereocenters. The number of rotatable bonds is 4. The maximum absolute atomic E-state index is 12.0. The topological polar surface area (TPSA) is 18.5 Å². The number of hydrogen-bond acceptors (Lipinski definition) is 3. The minimum Gasteiger partial charge on any atom is -0.431 e. The Bertz CT molecular complexity index is 380. The number of benzene rings is 1. The smallest absolute Gasteiger partial charge is 0.431 e. The first-order valence-electron chi connectivity index (χ1n) is 4.20. The monoisotopic (exact) mass is 274 g/mol. The first-order valence-corrected chi connectivity index (χ1v) is 5.43. The van der Waals surface area contributed by atoms with Crippen molar-refractivity contribution in [2.24, 2.45) is 0 Å². The summed E-state index contributed by atoms with van der Waals surface area (Å²) in [5.74, 6) is -1.44. The van der Waals surface area contributed by atoms with E-state index in [9.17, 15) is 22.0 Å². The SMILES string of the molecule is CSc1ccc(OC(F)(F)F)c(OC(F)F)c1. The molecule has 1 aromatic carbocycles. The largest absolute Gasteiger partial charge is 0.573 e. The van der Waals surface area contributed by atoms with Crippen molar-refractivity contribution < 1.29 is 31.4 Å². The van der Waals surface area contributed by atoms with Crippen molar-refractivity contribution >= 4 is 11.8 Å². The van der Waals surface area contributed by atoms with Gasteiger partial charge in [0.1, 0.15) is 0 Å². The second-order valence-corrected chi connectivity index (χ2v) is 3.62. The lowest BCUT2D eigenvalue weighted by atomic mass is 10.3. The average Bonchev–Trinajstić information content (AvgIpc) is 2.17. The lowest BCUT2D eigenvalue weighted by Gasteiger charge is -2.14. The molecule has 0 aliphatic carbocycles. The van der Waals surface area contributed by atoms with Crippen molar-refractivity contribution in [3.8, 4) is 11.5 Å². The average molecular weight is 274 g/mol. The van der Waals surface area contributed by atoms with E-state index < -0.39 is 24.5 Å². The minimum absolute atomic E-state index is 0.482. The molecular formula is C9H7F5O2S. The van der Waals surface area contributed by atoms with E-state index in [0.717, 1.165) is 12.1 Å². The lowest BCUT2D eigenvalue weighted by molar-refractivity contribution is -0.275. The van der Waals surface area contributed by atoms with Gasteiger partial charge in [-0.25, -0.2) is 0 Å². The highest BCUT2D eigenvalue weighted by molar-refractivity contribution is 7.98. The molecule has 0 saturated heterocycles. The van der Waals surface area contributed by atoms with Crippen LogP contribution >= 0.6 is 11.8 Å². The van der Waals surface area contributed by atoms with Gasteiger partial charge in [-0.3, -0.25) is 0 Å². The highest BCUT2D eigenvalue weighted by Gasteiger charge is 2.32. The molecular weight excluding hydrogens is 267 g/mol. The number of thioether (sulfide) groups is 1. The summed E-state index contributed by atoms with van der Waals surface area (Å²) in [5.41, 5.74) is 0. The van der Waals surface area contributed by atoms with Gasteiger partial charge in [-0.05, 0) is 24.5 Å². The summed E-state index contributed by atoms with van der Waals surface area (Å²) in [5, 5.41) is 0. The molecule has 1 rings (SSSR count). The summed E-state index contributed by atoms with van der Waals surface area (Å²) in [6.45, 7) is -3.22. The van der Waals surface area contributed by atoms with Crippen LogP contribution in [0.3, 0.4) is 0 Å². The van der Waals surface area contributed by atoms with Crippen LogP contribution in [0, 0.1) is 0 Å². The van der Waals surface area contributed by atoms with Crippen LogP contribution in [-0.4, -0.2) is 19.2 Å². The van der Waals surface area contributed by atoms with E-state index in [2.05, 4.69) is 9.47 Å². The third-order valence-corrected chi connectivity index (χ3v) is 2.32. The van der Waals surface area contributed by atoms with Gasteiger partial charge in [0.25, 0.3) is 0 Å². The normalized spacial score (nSPS) is 11.7. The molecule has 0 heterocycles. The zero-order valence-electron chi connectivity index (χ0n) is 8.42. The molecule has 0 N–H and O–H groups in total. The van der Waals surface area contributed by atoms with Crippen LogP contribution in [0.25, 0.3) is 0 Å². The number of hydrogen-bond donors (Lipinski definition) is 0. The van der Waals surface area contributed by atoms with E-state index in [1.165, 1.54) is 17.8 Å². The van der Waals surface area contributed by atoms with Crippen LogP contribution in [0.2, 0.25) is 0 Å². The highest BCUT2D eigenvalue weighted by atomic mass is 32.2. The van der Waals surface area contributed by atoms with Gasteiger partial charge in [-0.2, -0.15) is 8.78 Å². The Morgan fingerprint density at radius 2 is 1.82 bits per heavy atom. The van der Waals surface area contributed by atoms with E-state index in [1.54, 1.807) is 6.26 Å². The van der Waals surface area contributed by atoms with Crippen LogP contribution in [-0.2, 0) is 0 Å².